The third-order valence-electron chi connectivity index (χ3n) is 6.22. The van der Waals surface area contributed by atoms with Crippen molar-refractivity contribution in [2.45, 2.75) is 25.8 Å². The summed E-state index contributed by atoms with van der Waals surface area (Å²) in [7, 11) is 2.12. The van der Waals surface area contributed by atoms with Gasteiger partial charge in [0, 0.05) is 32.2 Å². The highest BCUT2D eigenvalue weighted by atomic mass is 16.5. The third-order valence-corrected chi connectivity index (χ3v) is 6.22. The average molecular weight is 449 g/mol. The van der Waals surface area contributed by atoms with Crippen LogP contribution in [0.1, 0.15) is 36.2 Å². The molecule has 33 heavy (non-hydrogen) atoms. The van der Waals surface area contributed by atoms with Gasteiger partial charge in [0.1, 0.15) is 23.4 Å². The third kappa shape index (κ3) is 4.51. The molecule has 0 radical (unpaired) electrons. The zero-order chi connectivity index (χ0) is 22.8. The molecule has 2 bridgehead atoms. The number of fused-ring (bicyclic) bond motifs is 5. The predicted molar refractivity (Wildman–Crippen MR) is 125 cm³/mol. The number of nitrogens with one attached hydrogen (secondary N) is 1. The SMILES string of the molecule is C[C@H]1CCCOc2ncc(N3CCN(C)CC3)cc2C(=O)Nc2cccc(n2)-c2nncn21. The molecule has 0 aromatic carbocycles. The standard InChI is InChI=1S/C23H28N8O2/c1-16-5-4-12-33-23-18(13-17(14-24-23)30-10-8-29(2)9-11-30)22(32)27-20-7-3-6-19(26-20)21-28-25-15-31(16)21/h3,6-7,13-16H,4-5,8-12H2,1-2H3,(H,26,27,32)/t16-/m0/s1. The number of nitrogens with zero attached hydrogens (tertiary/aromatic N) is 7. The van der Waals surface area contributed by atoms with Crippen LogP contribution in [-0.2, 0) is 0 Å². The monoisotopic (exact) mass is 448 g/mol. The van der Waals surface area contributed by atoms with Crippen LogP contribution < -0.4 is 15.0 Å². The quantitative estimate of drug-likeness (QED) is 0.606. The number of anilines is 2. The molecular weight excluding hydrogens is 420 g/mol. The first-order chi connectivity index (χ1) is 16.1. The summed E-state index contributed by atoms with van der Waals surface area (Å²) >= 11 is 0. The molecule has 0 spiro atoms. The van der Waals surface area contributed by atoms with E-state index in [0.29, 0.717) is 35.4 Å². The number of aromatic nitrogens is 5. The summed E-state index contributed by atoms with van der Waals surface area (Å²) in [4.78, 5) is 27.0. The molecule has 2 aliphatic rings. The maximum atomic E-state index is 13.3. The zero-order valence-corrected chi connectivity index (χ0v) is 18.9. The molecule has 3 aromatic heterocycles. The van der Waals surface area contributed by atoms with Crippen molar-refractivity contribution in [1.29, 1.82) is 0 Å². The minimum absolute atomic E-state index is 0.175. The fraction of sp³-hybridized carbons (Fsp3) is 0.435. The Morgan fingerprint density at radius 3 is 2.88 bits per heavy atom. The van der Waals surface area contributed by atoms with Gasteiger partial charge in [0.05, 0.1) is 18.5 Å². The van der Waals surface area contributed by atoms with Crippen LogP contribution in [0.5, 0.6) is 5.88 Å². The number of carbonyl (C=O) groups excluding carboxylic acids is 1. The second-order valence-electron chi connectivity index (χ2n) is 8.60. The van der Waals surface area contributed by atoms with Crippen molar-refractivity contribution in [3.63, 3.8) is 0 Å². The van der Waals surface area contributed by atoms with Crippen molar-refractivity contribution in [3.8, 4) is 17.4 Å². The highest BCUT2D eigenvalue weighted by molar-refractivity contribution is 6.06. The number of rotatable bonds is 1. The first-order valence-electron chi connectivity index (χ1n) is 11.3. The smallest absolute Gasteiger partial charge is 0.262 e. The summed E-state index contributed by atoms with van der Waals surface area (Å²) in [5.41, 5.74) is 1.99. The number of ether oxygens (including phenoxy) is 1. The van der Waals surface area contributed by atoms with Gasteiger partial charge in [-0.25, -0.2) is 9.97 Å². The molecule has 5 rings (SSSR count). The van der Waals surface area contributed by atoms with E-state index < -0.39 is 0 Å². The van der Waals surface area contributed by atoms with Crippen LogP contribution in [0.3, 0.4) is 0 Å². The fourth-order valence-electron chi connectivity index (χ4n) is 4.20. The Balaban J connectivity index is 1.49. The van der Waals surface area contributed by atoms with Crippen molar-refractivity contribution in [1.82, 2.24) is 29.6 Å². The molecule has 1 saturated heterocycles. The number of piperazine rings is 1. The van der Waals surface area contributed by atoms with E-state index in [1.54, 1.807) is 18.6 Å². The second kappa shape index (κ2) is 9.14. The molecule has 1 fully saturated rings. The summed E-state index contributed by atoms with van der Waals surface area (Å²) in [6.45, 7) is 6.31. The number of pyridine rings is 2. The van der Waals surface area contributed by atoms with E-state index in [-0.39, 0.29) is 11.9 Å². The lowest BCUT2D eigenvalue weighted by Gasteiger charge is -2.34. The summed E-state index contributed by atoms with van der Waals surface area (Å²) in [6.07, 6.45) is 5.18. The van der Waals surface area contributed by atoms with Crippen molar-refractivity contribution in [3.05, 3.63) is 42.4 Å². The number of hydrogen-bond donors (Lipinski definition) is 1. The Bertz CT molecular complexity index is 1140. The molecule has 2 aliphatic heterocycles. The zero-order valence-electron chi connectivity index (χ0n) is 18.9. The number of hydrogen-bond acceptors (Lipinski definition) is 8. The molecule has 5 heterocycles. The fourth-order valence-corrected chi connectivity index (χ4v) is 4.20. The minimum atomic E-state index is -0.301. The van der Waals surface area contributed by atoms with Crippen LogP contribution in [0.15, 0.2) is 36.8 Å². The second-order valence-corrected chi connectivity index (χ2v) is 8.60. The van der Waals surface area contributed by atoms with Crippen LogP contribution >= 0.6 is 0 Å². The Morgan fingerprint density at radius 1 is 1.18 bits per heavy atom. The van der Waals surface area contributed by atoms with Crippen LogP contribution in [-0.4, -0.2) is 75.4 Å². The molecule has 3 aromatic rings. The molecule has 0 unspecified atom stereocenters. The van der Waals surface area contributed by atoms with Crippen LogP contribution in [0.4, 0.5) is 11.5 Å². The maximum absolute atomic E-state index is 13.3. The van der Waals surface area contributed by atoms with Gasteiger partial charge in [-0.1, -0.05) is 6.07 Å². The molecular formula is C23H28N8O2. The van der Waals surface area contributed by atoms with Gasteiger partial charge in [-0.2, -0.15) is 0 Å². The highest BCUT2D eigenvalue weighted by Gasteiger charge is 2.22. The summed E-state index contributed by atoms with van der Waals surface area (Å²) in [5, 5.41) is 11.2. The Morgan fingerprint density at radius 2 is 2.03 bits per heavy atom. The van der Waals surface area contributed by atoms with Gasteiger partial charge in [0.15, 0.2) is 5.82 Å². The normalized spacial score (nSPS) is 19.6. The van der Waals surface area contributed by atoms with E-state index in [1.807, 2.05) is 22.8 Å². The minimum Gasteiger partial charge on any atom is -0.477 e. The van der Waals surface area contributed by atoms with E-state index in [2.05, 4.69) is 49.3 Å². The lowest BCUT2D eigenvalue weighted by atomic mass is 10.1. The van der Waals surface area contributed by atoms with Crippen LogP contribution in [0.25, 0.3) is 11.5 Å². The number of likely N-dealkylation sites (N-methyl/N-ethyl adjacent to an activating group) is 1. The van der Waals surface area contributed by atoms with Gasteiger partial charge in [0.25, 0.3) is 5.91 Å². The van der Waals surface area contributed by atoms with E-state index in [9.17, 15) is 4.79 Å². The largest absolute Gasteiger partial charge is 0.477 e. The van der Waals surface area contributed by atoms with Crippen LogP contribution in [0, 0.1) is 0 Å². The lowest BCUT2D eigenvalue weighted by Crippen LogP contribution is -2.44. The van der Waals surface area contributed by atoms with Crippen molar-refractivity contribution >= 4 is 17.4 Å². The topological polar surface area (TPSA) is 101 Å². The molecule has 172 valence electrons. The summed E-state index contributed by atoms with van der Waals surface area (Å²) < 4.78 is 7.98. The molecule has 10 nitrogen and oxygen atoms in total. The molecule has 1 amide bonds. The van der Waals surface area contributed by atoms with Crippen molar-refractivity contribution in [2.75, 3.05) is 50.1 Å². The molecule has 10 heteroatoms. The number of carbonyl (C=O) groups is 1. The van der Waals surface area contributed by atoms with Gasteiger partial charge in [-0.3, -0.25) is 4.79 Å². The lowest BCUT2D eigenvalue weighted by molar-refractivity contribution is 0.102. The van der Waals surface area contributed by atoms with E-state index in [0.717, 1.165) is 44.7 Å². The van der Waals surface area contributed by atoms with Gasteiger partial charge in [-0.05, 0) is 45.0 Å². The van der Waals surface area contributed by atoms with Gasteiger partial charge < -0.3 is 24.4 Å². The van der Waals surface area contributed by atoms with Crippen molar-refractivity contribution < 1.29 is 9.53 Å². The average Bonchev–Trinajstić information content (AvgIpc) is 3.32. The van der Waals surface area contributed by atoms with Gasteiger partial charge in [-0.15, -0.1) is 10.2 Å². The molecule has 1 atom stereocenters. The van der Waals surface area contributed by atoms with Crippen molar-refractivity contribution in [2.24, 2.45) is 0 Å². The Kier molecular flexibility index (Phi) is 5.91. The Labute approximate surface area is 192 Å². The van der Waals surface area contributed by atoms with Crippen LogP contribution in [0.2, 0.25) is 0 Å². The number of amides is 1. The van der Waals surface area contributed by atoms with E-state index in [4.69, 9.17) is 4.74 Å². The first kappa shape index (κ1) is 21.3. The summed E-state index contributed by atoms with van der Waals surface area (Å²) in [5.74, 6) is 1.16. The predicted octanol–water partition coefficient (Wildman–Crippen LogP) is 2.47. The highest BCUT2D eigenvalue weighted by Crippen LogP contribution is 2.27. The molecule has 0 saturated carbocycles. The first-order valence-corrected chi connectivity index (χ1v) is 11.3. The summed E-state index contributed by atoms with van der Waals surface area (Å²) in [6, 6.07) is 7.53. The van der Waals surface area contributed by atoms with Gasteiger partial charge in [0.2, 0.25) is 5.88 Å². The van der Waals surface area contributed by atoms with Gasteiger partial charge >= 0.3 is 0 Å². The van der Waals surface area contributed by atoms with E-state index in [1.165, 1.54) is 0 Å². The molecule has 1 N–H and O–H groups in total. The maximum Gasteiger partial charge on any atom is 0.262 e. The Hall–Kier alpha value is -3.53. The molecule has 0 aliphatic carbocycles. The van der Waals surface area contributed by atoms with E-state index >= 15 is 0 Å².